The molecule has 0 radical (unpaired) electrons. The quantitative estimate of drug-likeness (QED) is 0.289. The van der Waals surface area contributed by atoms with Crippen LogP contribution in [0.4, 0.5) is 11.4 Å². The Bertz CT molecular complexity index is 1280. The van der Waals surface area contributed by atoms with Gasteiger partial charge in [-0.1, -0.05) is 24.3 Å². The molecular weight excluding hydrogens is 420 g/mol. The highest BCUT2D eigenvalue weighted by molar-refractivity contribution is 6.12. The molecule has 3 N–H and O–H groups in total. The van der Waals surface area contributed by atoms with E-state index in [1.54, 1.807) is 0 Å². The zero-order valence-corrected chi connectivity index (χ0v) is 16.1. The van der Waals surface area contributed by atoms with Crippen LogP contribution in [0.25, 0.3) is 0 Å². The molecule has 1 amide bonds. The van der Waals surface area contributed by atoms with Crippen LogP contribution in [0.15, 0.2) is 66.7 Å². The number of anilines is 1. The second-order valence-electron chi connectivity index (χ2n) is 6.54. The SMILES string of the molecule is O=C(Nc1cccc(C(=O)c2ccc(C(=O)O)c(C(=O)O)c2)c1)c1cccc([N+](=O)[O-])c1. The van der Waals surface area contributed by atoms with E-state index < -0.39 is 39.7 Å². The van der Waals surface area contributed by atoms with Gasteiger partial charge in [0.1, 0.15) is 0 Å². The van der Waals surface area contributed by atoms with Gasteiger partial charge in [-0.3, -0.25) is 19.7 Å². The van der Waals surface area contributed by atoms with Crippen molar-refractivity contribution in [2.75, 3.05) is 5.32 Å². The Morgan fingerprint density at radius 3 is 2.03 bits per heavy atom. The van der Waals surface area contributed by atoms with E-state index in [0.29, 0.717) is 0 Å². The minimum absolute atomic E-state index is 0.0467. The Morgan fingerprint density at radius 1 is 0.750 bits per heavy atom. The topological polar surface area (TPSA) is 164 Å². The van der Waals surface area contributed by atoms with E-state index >= 15 is 0 Å². The van der Waals surface area contributed by atoms with E-state index in [9.17, 15) is 34.4 Å². The number of ketones is 1. The van der Waals surface area contributed by atoms with Crippen molar-refractivity contribution in [2.24, 2.45) is 0 Å². The maximum Gasteiger partial charge on any atom is 0.336 e. The molecule has 0 bridgehead atoms. The number of amides is 1. The van der Waals surface area contributed by atoms with Crippen molar-refractivity contribution in [1.82, 2.24) is 0 Å². The van der Waals surface area contributed by atoms with Gasteiger partial charge in [0.15, 0.2) is 5.78 Å². The zero-order chi connectivity index (χ0) is 23.4. The van der Waals surface area contributed by atoms with E-state index in [2.05, 4.69) is 5.32 Å². The van der Waals surface area contributed by atoms with Crippen LogP contribution in [-0.2, 0) is 0 Å². The lowest BCUT2D eigenvalue weighted by molar-refractivity contribution is -0.384. The summed E-state index contributed by atoms with van der Waals surface area (Å²) in [4.78, 5) is 58.0. The molecule has 3 rings (SSSR count). The average molecular weight is 434 g/mol. The number of aromatic carboxylic acids is 2. The van der Waals surface area contributed by atoms with E-state index in [0.717, 1.165) is 18.2 Å². The normalized spacial score (nSPS) is 10.2. The molecular formula is C22H14N2O8. The molecule has 0 atom stereocenters. The largest absolute Gasteiger partial charge is 0.478 e. The van der Waals surface area contributed by atoms with Crippen LogP contribution < -0.4 is 5.32 Å². The van der Waals surface area contributed by atoms with Crippen molar-refractivity contribution in [3.05, 3.63) is 105 Å². The molecule has 0 saturated carbocycles. The predicted octanol–water partition coefficient (Wildman–Crippen LogP) is 3.47. The smallest absolute Gasteiger partial charge is 0.336 e. The van der Waals surface area contributed by atoms with Gasteiger partial charge < -0.3 is 15.5 Å². The third-order valence-electron chi connectivity index (χ3n) is 4.44. The maximum atomic E-state index is 12.8. The Labute approximate surface area is 179 Å². The number of rotatable bonds is 7. The minimum Gasteiger partial charge on any atom is -0.478 e. The number of nitro groups is 1. The molecule has 0 saturated heterocycles. The molecule has 0 aliphatic heterocycles. The third-order valence-corrected chi connectivity index (χ3v) is 4.44. The number of nitrogens with one attached hydrogen (secondary N) is 1. The van der Waals surface area contributed by atoms with Gasteiger partial charge in [-0.2, -0.15) is 0 Å². The zero-order valence-electron chi connectivity index (χ0n) is 16.1. The average Bonchev–Trinajstić information content (AvgIpc) is 2.78. The highest BCUT2D eigenvalue weighted by Gasteiger charge is 2.20. The predicted molar refractivity (Wildman–Crippen MR) is 111 cm³/mol. The number of carboxylic acid groups (broad SMARTS) is 2. The Hall–Kier alpha value is -4.86. The standard InChI is InChI=1S/C22H14N2O8/c25-19(13-7-8-17(21(27)28)18(11-13)22(29)30)12-3-1-5-15(9-12)23-20(26)14-4-2-6-16(10-14)24(31)32/h1-11H,(H,23,26)(H,27,28)(H,29,30). The highest BCUT2D eigenvalue weighted by Crippen LogP contribution is 2.20. The van der Waals surface area contributed by atoms with Crippen LogP contribution in [0.2, 0.25) is 0 Å². The number of carboxylic acids is 2. The first kappa shape index (κ1) is 21.8. The van der Waals surface area contributed by atoms with Gasteiger partial charge in [0, 0.05) is 34.5 Å². The summed E-state index contributed by atoms with van der Waals surface area (Å²) in [5.74, 6) is -4.14. The summed E-state index contributed by atoms with van der Waals surface area (Å²) in [7, 11) is 0. The van der Waals surface area contributed by atoms with Gasteiger partial charge in [-0.05, 0) is 30.3 Å². The summed E-state index contributed by atoms with van der Waals surface area (Å²) in [6, 6.07) is 14.1. The molecule has 0 aliphatic rings. The Kier molecular flexibility index (Phi) is 6.06. The lowest BCUT2D eigenvalue weighted by atomic mass is 9.98. The fourth-order valence-corrected chi connectivity index (χ4v) is 2.92. The first-order valence-electron chi connectivity index (χ1n) is 8.98. The number of benzene rings is 3. The van der Waals surface area contributed by atoms with Gasteiger partial charge in [0.25, 0.3) is 11.6 Å². The van der Waals surface area contributed by atoms with Crippen LogP contribution in [0.3, 0.4) is 0 Å². The van der Waals surface area contributed by atoms with Crippen molar-refractivity contribution < 1.29 is 34.3 Å². The monoisotopic (exact) mass is 434 g/mol. The fraction of sp³-hybridized carbons (Fsp3) is 0. The van der Waals surface area contributed by atoms with Crippen molar-refractivity contribution >= 4 is 35.0 Å². The van der Waals surface area contributed by atoms with Crippen molar-refractivity contribution in [2.45, 2.75) is 0 Å². The van der Waals surface area contributed by atoms with E-state index in [-0.39, 0.29) is 28.1 Å². The molecule has 10 heteroatoms. The van der Waals surface area contributed by atoms with Gasteiger partial charge in [0.05, 0.1) is 16.1 Å². The first-order chi connectivity index (χ1) is 15.2. The number of nitrogens with zero attached hydrogens (tertiary/aromatic N) is 1. The molecule has 0 heterocycles. The molecule has 10 nitrogen and oxygen atoms in total. The second-order valence-corrected chi connectivity index (χ2v) is 6.54. The lowest BCUT2D eigenvalue weighted by Gasteiger charge is -2.09. The van der Waals surface area contributed by atoms with E-state index in [1.165, 1.54) is 48.5 Å². The van der Waals surface area contributed by atoms with Crippen molar-refractivity contribution in [3.63, 3.8) is 0 Å². The molecule has 32 heavy (non-hydrogen) atoms. The van der Waals surface area contributed by atoms with Crippen LogP contribution in [0, 0.1) is 10.1 Å². The van der Waals surface area contributed by atoms with Crippen LogP contribution in [-0.4, -0.2) is 38.8 Å². The first-order valence-corrected chi connectivity index (χ1v) is 8.98. The van der Waals surface area contributed by atoms with Crippen LogP contribution in [0.1, 0.15) is 47.0 Å². The van der Waals surface area contributed by atoms with Gasteiger partial charge in [0.2, 0.25) is 0 Å². The van der Waals surface area contributed by atoms with Gasteiger partial charge in [-0.15, -0.1) is 0 Å². The third kappa shape index (κ3) is 4.65. The second kappa shape index (κ2) is 8.88. The van der Waals surface area contributed by atoms with Gasteiger partial charge >= 0.3 is 11.9 Å². The van der Waals surface area contributed by atoms with Crippen molar-refractivity contribution in [3.8, 4) is 0 Å². The van der Waals surface area contributed by atoms with Crippen molar-refractivity contribution in [1.29, 1.82) is 0 Å². The Balaban J connectivity index is 1.87. The molecule has 0 aliphatic carbocycles. The summed E-state index contributed by atoms with van der Waals surface area (Å²) in [5.41, 5.74) is -0.888. The fourth-order valence-electron chi connectivity index (χ4n) is 2.92. The van der Waals surface area contributed by atoms with Gasteiger partial charge in [-0.25, -0.2) is 9.59 Å². The molecule has 160 valence electrons. The molecule has 0 unspecified atom stereocenters. The summed E-state index contributed by atoms with van der Waals surface area (Å²) >= 11 is 0. The minimum atomic E-state index is -1.49. The number of carbonyl (C=O) groups excluding carboxylic acids is 2. The summed E-state index contributed by atoms with van der Waals surface area (Å²) in [6.07, 6.45) is 0. The summed E-state index contributed by atoms with van der Waals surface area (Å²) < 4.78 is 0. The molecule has 0 aromatic heterocycles. The summed E-state index contributed by atoms with van der Waals surface area (Å²) in [6.45, 7) is 0. The molecule has 0 spiro atoms. The number of hydrogen-bond acceptors (Lipinski definition) is 6. The Morgan fingerprint density at radius 2 is 1.38 bits per heavy atom. The van der Waals surface area contributed by atoms with E-state index in [1.807, 2.05) is 0 Å². The number of carbonyl (C=O) groups is 4. The van der Waals surface area contributed by atoms with Crippen LogP contribution >= 0.6 is 0 Å². The van der Waals surface area contributed by atoms with E-state index in [4.69, 9.17) is 5.11 Å². The van der Waals surface area contributed by atoms with Crippen LogP contribution in [0.5, 0.6) is 0 Å². The molecule has 3 aromatic rings. The number of hydrogen-bond donors (Lipinski definition) is 3. The highest BCUT2D eigenvalue weighted by atomic mass is 16.6. The maximum absolute atomic E-state index is 12.8. The number of nitro benzene ring substituents is 1. The molecule has 0 fully saturated rings. The number of non-ortho nitro benzene ring substituents is 1. The summed E-state index contributed by atoms with van der Waals surface area (Å²) in [5, 5.41) is 31.7. The molecule has 3 aromatic carbocycles. The lowest BCUT2D eigenvalue weighted by Crippen LogP contribution is -2.13.